The lowest BCUT2D eigenvalue weighted by atomic mass is 10.1. The van der Waals surface area contributed by atoms with Crippen LogP contribution in [0.25, 0.3) is 33.9 Å². The molecule has 0 bridgehead atoms. The van der Waals surface area contributed by atoms with Crippen LogP contribution in [0.1, 0.15) is 5.56 Å². The Morgan fingerprint density at radius 1 is 0.816 bits per heavy atom. The van der Waals surface area contributed by atoms with Crippen LogP contribution in [0.4, 0.5) is 10.2 Å². The minimum Gasteiger partial charge on any atom is -0.352 e. The number of rotatable bonds is 5. The Bertz CT molecular complexity index is 1590. The number of fused-ring (bicyclic) bond motifs is 1. The van der Waals surface area contributed by atoms with Gasteiger partial charge in [0.15, 0.2) is 5.65 Å². The molecule has 0 radical (unpaired) electrons. The summed E-state index contributed by atoms with van der Waals surface area (Å²) in [4.78, 5) is 26.3. The number of halogens is 1. The average molecular weight is 504 g/mol. The number of hydrogen-bond donors (Lipinski definition) is 0. The van der Waals surface area contributed by atoms with E-state index < -0.39 is 0 Å². The van der Waals surface area contributed by atoms with E-state index in [1.807, 2.05) is 41.3 Å². The maximum Gasteiger partial charge on any atom is 0.246 e. The molecule has 3 heterocycles. The largest absolute Gasteiger partial charge is 0.352 e. The van der Waals surface area contributed by atoms with Crippen molar-refractivity contribution in [2.24, 2.45) is 0 Å². The second-order valence-electron chi connectivity index (χ2n) is 9.21. The van der Waals surface area contributed by atoms with Crippen LogP contribution in [-0.4, -0.2) is 51.5 Å². The number of para-hydroxylation sites is 1. The lowest BCUT2D eigenvalue weighted by Crippen LogP contribution is -2.48. The summed E-state index contributed by atoms with van der Waals surface area (Å²) in [5.41, 5.74) is 4.84. The summed E-state index contributed by atoms with van der Waals surface area (Å²) in [5, 5.41) is 0.999. The third-order valence-corrected chi connectivity index (χ3v) is 6.86. The zero-order valence-corrected chi connectivity index (χ0v) is 20.7. The van der Waals surface area contributed by atoms with Crippen molar-refractivity contribution in [2.75, 3.05) is 31.1 Å². The van der Waals surface area contributed by atoms with Gasteiger partial charge in [-0.3, -0.25) is 4.79 Å². The third-order valence-electron chi connectivity index (χ3n) is 6.86. The predicted molar refractivity (Wildman–Crippen MR) is 149 cm³/mol. The van der Waals surface area contributed by atoms with Gasteiger partial charge < -0.3 is 14.4 Å². The summed E-state index contributed by atoms with van der Waals surface area (Å²) in [7, 11) is 0. The van der Waals surface area contributed by atoms with Crippen molar-refractivity contribution in [1.29, 1.82) is 0 Å². The van der Waals surface area contributed by atoms with Gasteiger partial charge >= 0.3 is 0 Å². The molecule has 0 unspecified atom stereocenters. The molecule has 0 saturated carbocycles. The first-order chi connectivity index (χ1) is 18.7. The highest BCUT2D eigenvalue weighted by Crippen LogP contribution is 2.37. The fourth-order valence-corrected chi connectivity index (χ4v) is 4.89. The molecule has 6 rings (SSSR count). The van der Waals surface area contributed by atoms with Crippen molar-refractivity contribution < 1.29 is 9.18 Å². The number of amides is 1. The molecular formula is C31H26FN5O. The van der Waals surface area contributed by atoms with Gasteiger partial charge in [0.25, 0.3) is 0 Å². The monoisotopic (exact) mass is 503 g/mol. The van der Waals surface area contributed by atoms with Crippen LogP contribution >= 0.6 is 0 Å². The van der Waals surface area contributed by atoms with Gasteiger partial charge in [-0.05, 0) is 41.5 Å². The zero-order valence-electron chi connectivity index (χ0n) is 20.7. The van der Waals surface area contributed by atoms with Crippen molar-refractivity contribution in [3.63, 3.8) is 0 Å². The first-order valence-electron chi connectivity index (χ1n) is 12.6. The second kappa shape index (κ2) is 10.3. The summed E-state index contributed by atoms with van der Waals surface area (Å²) in [5.74, 6) is 0.525. The summed E-state index contributed by atoms with van der Waals surface area (Å²) >= 11 is 0. The molecule has 1 fully saturated rings. The Morgan fingerprint density at radius 3 is 2.21 bits per heavy atom. The molecule has 0 spiro atoms. The molecular weight excluding hydrogens is 477 g/mol. The average Bonchev–Trinajstić information content (AvgIpc) is 3.38. The van der Waals surface area contributed by atoms with Gasteiger partial charge in [-0.15, -0.1) is 0 Å². The van der Waals surface area contributed by atoms with Crippen LogP contribution in [-0.2, 0) is 4.79 Å². The highest BCUT2D eigenvalue weighted by Gasteiger charge is 2.25. The summed E-state index contributed by atoms with van der Waals surface area (Å²) in [6, 6.07) is 26.6. The minimum absolute atomic E-state index is 0.0537. The highest BCUT2D eigenvalue weighted by atomic mass is 19.1. The fraction of sp³-hybridized carbons (Fsp3) is 0.129. The Labute approximate surface area is 220 Å². The van der Waals surface area contributed by atoms with Crippen LogP contribution in [0.15, 0.2) is 104 Å². The first-order valence-corrected chi connectivity index (χ1v) is 12.6. The topological polar surface area (TPSA) is 54.3 Å². The molecule has 1 aliphatic heterocycles. The number of piperazine rings is 1. The van der Waals surface area contributed by atoms with Crippen molar-refractivity contribution in [2.45, 2.75) is 0 Å². The van der Waals surface area contributed by atoms with Crippen LogP contribution in [0.2, 0.25) is 0 Å². The maximum absolute atomic E-state index is 13.1. The Balaban J connectivity index is 1.29. The molecule has 3 aromatic carbocycles. The van der Waals surface area contributed by atoms with E-state index in [1.54, 1.807) is 30.6 Å². The molecule has 5 aromatic rings. The molecule has 0 aliphatic carbocycles. The number of carbonyl (C=O) groups is 1. The van der Waals surface area contributed by atoms with Crippen molar-refractivity contribution in [3.8, 4) is 16.8 Å². The van der Waals surface area contributed by atoms with Crippen molar-refractivity contribution in [3.05, 3.63) is 115 Å². The van der Waals surface area contributed by atoms with Gasteiger partial charge in [0.05, 0.1) is 5.39 Å². The quantitative estimate of drug-likeness (QED) is 0.294. The predicted octanol–water partition coefficient (Wildman–Crippen LogP) is 5.59. The van der Waals surface area contributed by atoms with Crippen LogP contribution < -0.4 is 4.90 Å². The molecule has 0 atom stereocenters. The summed E-state index contributed by atoms with van der Waals surface area (Å²) < 4.78 is 15.3. The molecule has 1 amide bonds. The lowest BCUT2D eigenvalue weighted by molar-refractivity contribution is -0.126. The molecule has 1 saturated heterocycles. The Hall–Kier alpha value is -4.78. The van der Waals surface area contributed by atoms with E-state index in [1.165, 1.54) is 12.1 Å². The smallest absolute Gasteiger partial charge is 0.246 e. The fourth-order valence-electron chi connectivity index (χ4n) is 4.89. The van der Waals surface area contributed by atoms with Crippen LogP contribution in [0.3, 0.4) is 0 Å². The number of aromatic nitrogens is 3. The molecule has 188 valence electrons. The van der Waals surface area contributed by atoms with E-state index in [2.05, 4.69) is 44.9 Å². The maximum atomic E-state index is 13.1. The molecule has 2 aromatic heterocycles. The standard InChI is InChI=1S/C31H26FN5O/c32-25-14-11-23(12-15-25)13-16-28(38)35-17-19-36(20-18-35)30-29-27(24-7-3-1-4-8-24)21-37(31(29)34-22-33-30)26-9-5-2-6-10-26/h1-16,21-22H,17-20H2. The minimum atomic E-state index is -0.294. The number of nitrogens with zero attached hydrogens (tertiary/aromatic N) is 5. The van der Waals surface area contributed by atoms with E-state index in [0.717, 1.165) is 39.2 Å². The van der Waals surface area contributed by atoms with Gasteiger partial charge in [0.2, 0.25) is 5.91 Å². The molecule has 6 nitrogen and oxygen atoms in total. The lowest BCUT2D eigenvalue weighted by Gasteiger charge is -2.35. The number of anilines is 1. The van der Waals surface area contributed by atoms with Crippen LogP contribution in [0.5, 0.6) is 0 Å². The van der Waals surface area contributed by atoms with Gasteiger partial charge in [-0.2, -0.15) is 0 Å². The normalized spacial score (nSPS) is 13.9. The second-order valence-corrected chi connectivity index (χ2v) is 9.21. The van der Waals surface area contributed by atoms with E-state index in [0.29, 0.717) is 26.2 Å². The summed E-state index contributed by atoms with van der Waals surface area (Å²) in [6.45, 7) is 2.48. The molecule has 1 aliphatic rings. The highest BCUT2D eigenvalue weighted by molar-refractivity contribution is 6.02. The van der Waals surface area contributed by atoms with Crippen molar-refractivity contribution in [1.82, 2.24) is 19.4 Å². The first kappa shape index (κ1) is 23.6. The number of carbonyl (C=O) groups excluding carboxylic acids is 1. The van der Waals surface area contributed by atoms with Gasteiger partial charge in [-0.1, -0.05) is 60.7 Å². The zero-order chi connectivity index (χ0) is 25.9. The van der Waals surface area contributed by atoms with E-state index >= 15 is 0 Å². The Morgan fingerprint density at radius 2 is 1.50 bits per heavy atom. The van der Waals surface area contributed by atoms with Crippen molar-refractivity contribution >= 4 is 28.8 Å². The van der Waals surface area contributed by atoms with Crippen LogP contribution in [0, 0.1) is 5.82 Å². The summed E-state index contributed by atoms with van der Waals surface area (Å²) in [6.07, 6.45) is 7.03. The number of hydrogen-bond acceptors (Lipinski definition) is 4. The third kappa shape index (κ3) is 4.66. The van der Waals surface area contributed by atoms with E-state index in [4.69, 9.17) is 4.98 Å². The van der Waals surface area contributed by atoms with Gasteiger partial charge in [0.1, 0.15) is 18.0 Å². The SMILES string of the molecule is O=C(C=Cc1ccc(F)cc1)N1CCN(c2ncnc3c2c(-c2ccccc2)cn3-c2ccccc2)CC1. The molecule has 0 N–H and O–H groups in total. The van der Waals surface area contributed by atoms with Gasteiger partial charge in [-0.25, -0.2) is 14.4 Å². The van der Waals surface area contributed by atoms with E-state index in [9.17, 15) is 9.18 Å². The van der Waals surface area contributed by atoms with Gasteiger partial charge in [0, 0.05) is 49.7 Å². The van der Waals surface area contributed by atoms with E-state index in [-0.39, 0.29) is 11.7 Å². The molecule has 7 heteroatoms. The Kier molecular flexibility index (Phi) is 6.40. The molecule has 38 heavy (non-hydrogen) atoms. The number of benzene rings is 3.